The van der Waals surface area contributed by atoms with E-state index in [-0.39, 0.29) is 12.1 Å². The van der Waals surface area contributed by atoms with Gasteiger partial charge < -0.3 is 14.8 Å². The number of aromatic amines is 1. The zero-order valence-electron chi connectivity index (χ0n) is 17.0. The van der Waals surface area contributed by atoms with Crippen molar-refractivity contribution >= 4 is 23.2 Å². The summed E-state index contributed by atoms with van der Waals surface area (Å²) < 4.78 is 1.00. The number of rotatable bonds is 4. The molecule has 8 nitrogen and oxygen atoms in total. The minimum Gasteiger partial charge on any atom is -0.368 e. The van der Waals surface area contributed by atoms with Gasteiger partial charge in [0.15, 0.2) is 0 Å². The molecule has 1 fully saturated rings. The topological polar surface area (TPSA) is 91.3 Å². The Hall–Kier alpha value is -3.39. The van der Waals surface area contributed by atoms with Gasteiger partial charge in [0, 0.05) is 49.3 Å². The van der Waals surface area contributed by atoms with Gasteiger partial charge in [0.1, 0.15) is 5.56 Å². The van der Waals surface area contributed by atoms with Gasteiger partial charge in [-0.3, -0.25) is 19.1 Å². The van der Waals surface area contributed by atoms with Crippen molar-refractivity contribution in [2.24, 2.45) is 0 Å². The molecule has 1 aliphatic rings. The standard InChI is InChI=1S/C22H22ClN5O3/c1-15-5-6-16(23)12-19(15)26-8-10-27(11-9-26)20(29)18-13-25-22(31)28(21(18)30)14-17-4-2-3-7-24-17/h2-7,12-13H,8-11,14H2,1H3,(H,25,31). The summed E-state index contributed by atoms with van der Waals surface area (Å²) in [6.45, 7) is 4.19. The van der Waals surface area contributed by atoms with Crippen molar-refractivity contribution in [2.45, 2.75) is 13.5 Å². The molecule has 0 spiro atoms. The van der Waals surface area contributed by atoms with E-state index in [1.807, 2.05) is 25.1 Å². The fourth-order valence-corrected chi connectivity index (χ4v) is 3.87. The lowest BCUT2D eigenvalue weighted by atomic mass is 10.1. The Morgan fingerprint density at radius 2 is 1.90 bits per heavy atom. The number of aromatic nitrogens is 3. The first-order chi connectivity index (χ1) is 14.9. The number of pyridine rings is 1. The number of benzene rings is 1. The first-order valence-electron chi connectivity index (χ1n) is 9.97. The quantitative estimate of drug-likeness (QED) is 0.670. The van der Waals surface area contributed by atoms with Gasteiger partial charge in [-0.1, -0.05) is 23.7 Å². The number of piperazine rings is 1. The van der Waals surface area contributed by atoms with E-state index in [4.69, 9.17) is 11.6 Å². The molecular weight excluding hydrogens is 418 g/mol. The van der Waals surface area contributed by atoms with E-state index in [0.29, 0.717) is 36.9 Å². The van der Waals surface area contributed by atoms with Gasteiger partial charge in [-0.05, 0) is 36.8 Å². The van der Waals surface area contributed by atoms with Crippen molar-refractivity contribution in [3.8, 4) is 0 Å². The lowest BCUT2D eigenvalue weighted by Crippen LogP contribution is -2.50. The van der Waals surface area contributed by atoms with E-state index in [9.17, 15) is 14.4 Å². The van der Waals surface area contributed by atoms with Crippen LogP contribution in [0.2, 0.25) is 5.02 Å². The van der Waals surface area contributed by atoms with Crippen LogP contribution in [0, 0.1) is 6.92 Å². The van der Waals surface area contributed by atoms with Crippen LogP contribution in [0.5, 0.6) is 0 Å². The molecule has 2 aromatic heterocycles. The molecule has 0 saturated carbocycles. The number of H-pyrrole nitrogens is 1. The van der Waals surface area contributed by atoms with Crippen molar-refractivity contribution in [1.29, 1.82) is 0 Å². The second kappa shape index (κ2) is 8.77. The number of hydrogen-bond donors (Lipinski definition) is 1. The summed E-state index contributed by atoms with van der Waals surface area (Å²) >= 11 is 6.14. The lowest BCUT2D eigenvalue weighted by molar-refractivity contribution is 0.0743. The molecule has 0 radical (unpaired) electrons. The highest BCUT2D eigenvalue weighted by molar-refractivity contribution is 6.30. The molecule has 0 unspecified atom stereocenters. The van der Waals surface area contributed by atoms with Gasteiger partial charge in [-0.15, -0.1) is 0 Å². The highest BCUT2D eigenvalue weighted by Crippen LogP contribution is 2.25. The minimum absolute atomic E-state index is 0.00204. The fourth-order valence-electron chi connectivity index (χ4n) is 3.71. The number of amides is 1. The van der Waals surface area contributed by atoms with Crippen LogP contribution in [0.4, 0.5) is 5.69 Å². The van der Waals surface area contributed by atoms with Crippen LogP contribution in [0.1, 0.15) is 21.6 Å². The van der Waals surface area contributed by atoms with Crippen molar-refractivity contribution in [2.75, 3.05) is 31.1 Å². The Bertz CT molecular complexity index is 1210. The Kier molecular flexibility index (Phi) is 5.90. The fraction of sp³-hybridized carbons (Fsp3) is 0.273. The lowest BCUT2D eigenvalue weighted by Gasteiger charge is -2.36. The summed E-state index contributed by atoms with van der Waals surface area (Å²) in [5.74, 6) is -0.390. The molecule has 1 amide bonds. The van der Waals surface area contributed by atoms with E-state index in [1.54, 1.807) is 29.3 Å². The van der Waals surface area contributed by atoms with E-state index in [0.717, 1.165) is 15.8 Å². The molecule has 0 atom stereocenters. The van der Waals surface area contributed by atoms with Crippen molar-refractivity contribution in [3.05, 3.63) is 91.5 Å². The third kappa shape index (κ3) is 4.39. The van der Waals surface area contributed by atoms with Gasteiger partial charge in [-0.2, -0.15) is 0 Å². The SMILES string of the molecule is Cc1ccc(Cl)cc1N1CCN(C(=O)c2c[nH]c(=O)n(Cc3ccccn3)c2=O)CC1. The Morgan fingerprint density at radius 3 is 2.61 bits per heavy atom. The van der Waals surface area contributed by atoms with Crippen LogP contribution in [0.3, 0.4) is 0 Å². The maximum atomic E-state index is 13.0. The van der Waals surface area contributed by atoms with Gasteiger partial charge in [0.05, 0.1) is 12.2 Å². The van der Waals surface area contributed by atoms with Gasteiger partial charge >= 0.3 is 5.69 Å². The van der Waals surface area contributed by atoms with E-state index < -0.39 is 17.2 Å². The zero-order chi connectivity index (χ0) is 22.0. The molecule has 31 heavy (non-hydrogen) atoms. The average Bonchev–Trinajstić information content (AvgIpc) is 2.79. The monoisotopic (exact) mass is 439 g/mol. The summed E-state index contributed by atoms with van der Waals surface area (Å²) in [6, 6.07) is 11.0. The Labute approximate surface area is 183 Å². The normalized spacial score (nSPS) is 14.0. The second-order valence-corrected chi connectivity index (χ2v) is 7.87. The predicted molar refractivity (Wildman–Crippen MR) is 119 cm³/mol. The molecule has 0 bridgehead atoms. The molecule has 1 N–H and O–H groups in total. The number of anilines is 1. The predicted octanol–water partition coefficient (Wildman–Crippen LogP) is 1.90. The van der Waals surface area contributed by atoms with E-state index in [2.05, 4.69) is 14.9 Å². The number of aryl methyl sites for hydroxylation is 1. The molecule has 9 heteroatoms. The van der Waals surface area contributed by atoms with Crippen molar-refractivity contribution in [1.82, 2.24) is 19.4 Å². The number of carbonyl (C=O) groups is 1. The molecule has 160 valence electrons. The highest BCUT2D eigenvalue weighted by Gasteiger charge is 2.26. The van der Waals surface area contributed by atoms with Gasteiger partial charge in [0.2, 0.25) is 0 Å². The van der Waals surface area contributed by atoms with Crippen LogP contribution in [-0.4, -0.2) is 51.5 Å². The first-order valence-corrected chi connectivity index (χ1v) is 10.3. The number of hydrogen-bond acceptors (Lipinski definition) is 5. The molecule has 1 aromatic carbocycles. The largest absolute Gasteiger partial charge is 0.368 e. The van der Waals surface area contributed by atoms with E-state index in [1.165, 1.54) is 6.20 Å². The van der Waals surface area contributed by atoms with Crippen LogP contribution in [0.15, 0.2) is 58.4 Å². The summed E-state index contributed by atoms with van der Waals surface area (Å²) in [5.41, 5.74) is 1.47. The molecular formula is C22H22ClN5O3. The van der Waals surface area contributed by atoms with Crippen molar-refractivity contribution < 1.29 is 4.79 Å². The highest BCUT2D eigenvalue weighted by atomic mass is 35.5. The van der Waals surface area contributed by atoms with Gasteiger partial charge in [0.25, 0.3) is 11.5 Å². The maximum absolute atomic E-state index is 13.0. The third-order valence-electron chi connectivity index (χ3n) is 5.42. The maximum Gasteiger partial charge on any atom is 0.328 e. The molecule has 4 rings (SSSR count). The summed E-state index contributed by atoms with van der Waals surface area (Å²) in [4.78, 5) is 48.6. The van der Waals surface area contributed by atoms with Crippen LogP contribution >= 0.6 is 11.6 Å². The molecule has 1 saturated heterocycles. The molecule has 3 aromatic rings. The Balaban J connectivity index is 1.52. The van der Waals surface area contributed by atoms with Crippen LogP contribution in [0.25, 0.3) is 0 Å². The molecule has 0 aliphatic carbocycles. The van der Waals surface area contributed by atoms with Crippen molar-refractivity contribution in [3.63, 3.8) is 0 Å². The second-order valence-electron chi connectivity index (χ2n) is 7.43. The van der Waals surface area contributed by atoms with Crippen LogP contribution in [-0.2, 0) is 6.54 Å². The number of halogens is 1. The summed E-state index contributed by atoms with van der Waals surface area (Å²) in [6.07, 6.45) is 2.79. The first kappa shape index (κ1) is 20.9. The summed E-state index contributed by atoms with van der Waals surface area (Å²) in [7, 11) is 0. The molecule has 3 heterocycles. The smallest absolute Gasteiger partial charge is 0.328 e. The summed E-state index contributed by atoms with van der Waals surface area (Å²) in [5, 5.41) is 0.667. The van der Waals surface area contributed by atoms with Crippen LogP contribution < -0.4 is 16.1 Å². The Morgan fingerprint density at radius 1 is 1.13 bits per heavy atom. The number of carbonyl (C=O) groups excluding carboxylic acids is 1. The third-order valence-corrected chi connectivity index (χ3v) is 5.65. The molecule has 1 aliphatic heterocycles. The average molecular weight is 440 g/mol. The minimum atomic E-state index is -0.618. The van der Waals surface area contributed by atoms with Gasteiger partial charge in [-0.25, -0.2) is 4.79 Å². The number of nitrogens with one attached hydrogen (secondary N) is 1. The van der Waals surface area contributed by atoms with E-state index >= 15 is 0 Å². The zero-order valence-corrected chi connectivity index (χ0v) is 17.8. The number of nitrogens with zero attached hydrogens (tertiary/aromatic N) is 4.